The van der Waals surface area contributed by atoms with E-state index >= 15 is 0 Å². The maximum absolute atomic E-state index is 3.45. The zero-order chi connectivity index (χ0) is 8.67. The van der Waals surface area contributed by atoms with Gasteiger partial charge in [-0.25, -0.2) is 0 Å². The van der Waals surface area contributed by atoms with E-state index in [2.05, 4.69) is 29.0 Å². The first-order valence-electron chi connectivity index (χ1n) is 5.27. The van der Waals surface area contributed by atoms with Crippen LogP contribution in [-0.2, 0) is 0 Å². The van der Waals surface area contributed by atoms with E-state index in [0.29, 0.717) is 12.0 Å². The Hall–Kier alpha value is -0.760. The van der Waals surface area contributed by atoms with Crippen molar-refractivity contribution in [1.29, 1.82) is 0 Å². The first-order valence-corrected chi connectivity index (χ1v) is 5.27. The van der Waals surface area contributed by atoms with Crippen molar-refractivity contribution in [2.45, 2.75) is 18.9 Å². The number of hydrogen-bond acceptors (Lipinski definition) is 2. The summed E-state index contributed by atoms with van der Waals surface area (Å²) in [5.74, 6) is 1.53. The summed E-state index contributed by atoms with van der Waals surface area (Å²) in [4.78, 5) is 0. The van der Waals surface area contributed by atoms with Gasteiger partial charge in [-0.15, -0.1) is 0 Å². The Bertz CT molecular complexity index is 267. The lowest BCUT2D eigenvalue weighted by Crippen LogP contribution is -2.39. The molecule has 0 aromatic rings. The minimum Gasteiger partial charge on any atom is -0.387 e. The van der Waals surface area contributed by atoms with E-state index in [4.69, 9.17) is 0 Å². The first kappa shape index (κ1) is 7.63. The highest BCUT2D eigenvalue weighted by molar-refractivity contribution is 5.24. The summed E-state index contributed by atoms with van der Waals surface area (Å²) in [5, 5.41) is 6.90. The van der Waals surface area contributed by atoms with Crippen LogP contribution >= 0.6 is 0 Å². The molecular weight excluding hydrogens is 160 g/mol. The second-order valence-corrected chi connectivity index (χ2v) is 4.35. The van der Waals surface area contributed by atoms with E-state index in [-0.39, 0.29) is 0 Å². The highest BCUT2D eigenvalue weighted by atomic mass is 14.9. The Morgan fingerprint density at radius 2 is 2.38 bits per heavy atom. The molecule has 1 saturated heterocycles. The predicted molar refractivity (Wildman–Crippen MR) is 53.2 cm³/mol. The molecule has 0 amide bonds. The number of nitrogens with one attached hydrogen (secondary N) is 2. The van der Waals surface area contributed by atoms with Crippen molar-refractivity contribution in [3.05, 3.63) is 23.9 Å². The molecule has 13 heavy (non-hydrogen) atoms. The normalized spacial score (nSPS) is 41.8. The largest absolute Gasteiger partial charge is 0.387 e. The summed E-state index contributed by atoms with van der Waals surface area (Å²) in [7, 11) is 0. The van der Waals surface area contributed by atoms with Crippen molar-refractivity contribution in [2.24, 2.45) is 11.8 Å². The Labute approximate surface area is 79.1 Å². The van der Waals surface area contributed by atoms with Crippen molar-refractivity contribution >= 4 is 0 Å². The van der Waals surface area contributed by atoms with Crippen LogP contribution in [0.25, 0.3) is 0 Å². The fraction of sp³-hybridized carbons (Fsp3) is 0.636. The van der Waals surface area contributed by atoms with Crippen LogP contribution in [0.2, 0.25) is 0 Å². The van der Waals surface area contributed by atoms with Crippen molar-refractivity contribution in [3.8, 4) is 0 Å². The van der Waals surface area contributed by atoms with Gasteiger partial charge in [0.05, 0.1) is 0 Å². The van der Waals surface area contributed by atoms with Gasteiger partial charge in [-0.05, 0) is 31.5 Å². The summed E-state index contributed by atoms with van der Waals surface area (Å²) in [6.07, 6.45) is 9.56. The molecule has 3 unspecified atom stereocenters. The lowest BCUT2D eigenvalue weighted by molar-refractivity contribution is 0.348. The molecule has 2 N–H and O–H groups in total. The molecule has 2 nitrogen and oxygen atoms in total. The van der Waals surface area contributed by atoms with E-state index in [9.17, 15) is 0 Å². The molecule has 0 spiro atoms. The van der Waals surface area contributed by atoms with Crippen LogP contribution < -0.4 is 10.6 Å². The van der Waals surface area contributed by atoms with Gasteiger partial charge in [-0.1, -0.05) is 17.7 Å². The van der Waals surface area contributed by atoms with Crippen LogP contribution in [0.15, 0.2) is 23.9 Å². The molecule has 70 valence electrons. The van der Waals surface area contributed by atoms with Crippen LogP contribution in [0.4, 0.5) is 0 Å². The molecular formula is C11H16N2. The van der Waals surface area contributed by atoms with Crippen LogP contribution in [0.3, 0.4) is 0 Å². The number of piperidine rings is 1. The van der Waals surface area contributed by atoms with Crippen molar-refractivity contribution in [3.63, 3.8) is 0 Å². The zero-order valence-corrected chi connectivity index (χ0v) is 7.79. The third kappa shape index (κ3) is 1.20. The molecule has 2 aliphatic heterocycles. The molecule has 0 bridgehead atoms. The summed E-state index contributed by atoms with van der Waals surface area (Å²) in [6.45, 7) is 2.33. The Balaban J connectivity index is 1.86. The fourth-order valence-electron chi connectivity index (χ4n) is 2.79. The average Bonchev–Trinajstić information content (AvgIpc) is 2.61. The molecule has 2 heteroatoms. The lowest BCUT2D eigenvalue weighted by atomic mass is 9.77. The molecule has 1 fully saturated rings. The monoisotopic (exact) mass is 176 g/mol. The van der Waals surface area contributed by atoms with Gasteiger partial charge in [-0.3, -0.25) is 0 Å². The number of rotatable bonds is 0. The SMILES string of the molecule is C1=CC2C=C3CNCCC3CC2N1. The quantitative estimate of drug-likeness (QED) is 0.539. The maximum atomic E-state index is 3.45. The van der Waals surface area contributed by atoms with Crippen molar-refractivity contribution in [1.82, 2.24) is 10.6 Å². The molecule has 0 radical (unpaired) electrons. The van der Waals surface area contributed by atoms with Gasteiger partial charge in [0.15, 0.2) is 0 Å². The molecule has 0 aromatic carbocycles. The van der Waals surface area contributed by atoms with Crippen molar-refractivity contribution < 1.29 is 0 Å². The number of hydrogen-bond donors (Lipinski definition) is 2. The molecule has 2 heterocycles. The topological polar surface area (TPSA) is 24.1 Å². The second kappa shape index (κ2) is 2.88. The van der Waals surface area contributed by atoms with Gasteiger partial charge in [-0.2, -0.15) is 0 Å². The van der Waals surface area contributed by atoms with Gasteiger partial charge in [0.2, 0.25) is 0 Å². The maximum Gasteiger partial charge on any atom is 0.0359 e. The molecule has 3 atom stereocenters. The third-order valence-corrected chi connectivity index (χ3v) is 3.56. The first-order chi connectivity index (χ1) is 6.43. The van der Waals surface area contributed by atoms with Gasteiger partial charge in [0.1, 0.15) is 0 Å². The minimum absolute atomic E-state index is 0.672. The molecule has 1 aliphatic carbocycles. The van der Waals surface area contributed by atoms with Crippen molar-refractivity contribution in [2.75, 3.05) is 13.1 Å². The minimum atomic E-state index is 0.672. The zero-order valence-electron chi connectivity index (χ0n) is 7.79. The summed E-state index contributed by atoms with van der Waals surface area (Å²) in [6, 6.07) is 0.701. The number of fused-ring (bicyclic) bond motifs is 2. The van der Waals surface area contributed by atoms with E-state index in [1.54, 1.807) is 5.57 Å². The van der Waals surface area contributed by atoms with Crippen LogP contribution in [-0.4, -0.2) is 19.1 Å². The standard InChI is InChI=1S/C11H16N2/c1-3-12-7-10-5-9-2-4-13-11(9)6-8(1)10/h2,4-5,8-9,11-13H,1,3,6-7H2. The van der Waals surface area contributed by atoms with Crippen LogP contribution in [0.5, 0.6) is 0 Å². The van der Waals surface area contributed by atoms with Crippen LogP contribution in [0.1, 0.15) is 12.8 Å². The van der Waals surface area contributed by atoms with Gasteiger partial charge in [0, 0.05) is 18.5 Å². The fourth-order valence-corrected chi connectivity index (χ4v) is 2.79. The predicted octanol–water partition coefficient (Wildman–Crippen LogP) is 1.03. The van der Waals surface area contributed by atoms with Gasteiger partial charge < -0.3 is 10.6 Å². The van der Waals surface area contributed by atoms with E-state index in [0.717, 1.165) is 12.5 Å². The van der Waals surface area contributed by atoms with E-state index < -0.39 is 0 Å². The smallest absolute Gasteiger partial charge is 0.0359 e. The molecule has 0 aromatic heterocycles. The molecule has 0 saturated carbocycles. The summed E-state index contributed by atoms with van der Waals surface area (Å²) < 4.78 is 0. The Morgan fingerprint density at radius 1 is 1.38 bits per heavy atom. The Morgan fingerprint density at radius 3 is 3.38 bits per heavy atom. The Kier molecular flexibility index (Phi) is 1.69. The van der Waals surface area contributed by atoms with Gasteiger partial charge >= 0.3 is 0 Å². The summed E-state index contributed by atoms with van der Waals surface area (Å²) >= 11 is 0. The van der Waals surface area contributed by atoms with E-state index in [1.165, 1.54) is 19.4 Å². The summed E-state index contributed by atoms with van der Waals surface area (Å²) in [5.41, 5.74) is 1.65. The second-order valence-electron chi connectivity index (χ2n) is 4.35. The highest BCUT2D eigenvalue weighted by Gasteiger charge is 2.32. The molecule has 3 rings (SSSR count). The third-order valence-electron chi connectivity index (χ3n) is 3.56. The van der Waals surface area contributed by atoms with Crippen LogP contribution in [0, 0.1) is 11.8 Å². The average molecular weight is 176 g/mol. The molecule has 3 aliphatic rings. The van der Waals surface area contributed by atoms with E-state index in [1.807, 2.05) is 0 Å². The van der Waals surface area contributed by atoms with Gasteiger partial charge in [0.25, 0.3) is 0 Å². The highest BCUT2D eigenvalue weighted by Crippen LogP contribution is 2.34. The lowest BCUT2D eigenvalue weighted by Gasteiger charge is -2.35.